The highest BCUT2D eigenvalue weighted by Crippen LogP contribution is 2.22. The maximum absolute atomic E-state index is 5.45. The van der Waals surface area contributed by atoms with Crippen molar-refractivity contribution in [3.63, 3.8) is 0 Å². The van der Waals surface area contributed by atoms with E-state index in [4.69, 9.17) is 5.73 Å². The topological polar surface area (TPSA) is 38.4 Å². The van der Waals surface area contributed by atoms with Crippen LogP contribution < -0.4 is 5.73 Å². The van der Waals surface area contributed by atoms with Gasteiger partial charge in [0.1, 0.15) is 0 Å². The fourth-order valence-electron chi connectivity index (χ4n) is 2.31. The standard InChI is InChI=1S/C15H20N2.C6H6S/c1-11-8-12(2)10-14(9-11)15(17-4)13(3)6-5-7-16;7-6-4-2-1-3-5-6/h5-6,8-10H,4,7,16H2,1-3H3;1-5,7H/b6-5-,15-13-;. The van der Waals surface area contributed by atoms with E-state index in [1.54, 1.807) is 0 Å². The smallest absolute Gasteiger partial charge is 0.0723 e. The predicted octanol–water partition coefficient (Wildman–Crippen LogP) is 5.23. The Hall–Kier alpha value is -2.10. The quantitative estimate of drug-likeness (QED) is 0.447. The average molecular weight is 339 g/mol. The molecule has 0 bridgehead atoms. The van der Waals surface area contributed by atoms with Crippen LogP contribution in [0.2, 0.25) is 0 Å². The summed E-state index contributed by atoms with van der Waals surface area (Å²) in [6.07, 6.45) is 3.91. The molecule has 2 nitrogen and oxygen atoms in total. The second-order valence-electron chi connectivity index (χ2n) is 5.54. The van der Waals surface area contributed by atoms with Gasteiger partial charge in [-0.2, -0.15) is 0 Å². The molecule has 0 spiro atoms. The molecular weight excluding hydrogens is 312 g/mol. The van der Waals surface area contributed by atoms with Gasteiger partial charge in [0.15, 0.2) is 0 Å². The average Bonchev–Trinajstić information content (AvgIpc) is 2.54. The number of rotatable bonds is 4. The van der Waals surface area contributed by atoms with Crippen molar-refractivity contribution in [2.24, 2.45) is 10.7 Å². The van der Waals surface area contributed by atoms with Crippen LogP contribution in [0.25, 0.3) is 5.70 Å². The molecule has 24 heavy (non-hydrogen) atoms. The van der Waals surface area contributed by atoms with E-state index < -0.39 is 0 Å². The minimum absolute atomic E-state index is 0.536. The zero-order valence-electron chi connectivity index (χ0n) is 14.7. The largest absolute Gasteiger partial charge is 0.327 e. The Labute approximate surface area is 151 Å². The Balaban J connectivity index is 0.000000341. The van der Waals surface area contributed by atoms with E-state index in [2.05, 4.69) is 56.4 Å². The lowest BCUT2D eigenvalue weighted by Gasteiger charge is -2.07. The molecule has 0 unspecified atom stereocenters. The molecular formula is C21H26N2S. The number of thiol groups is 1. The van der Waals surface area contributed by atoms with Crippen LogP contribution >= 0.6 is 12.6 Å². The summed E-state index contributed by atoms with van der Waals surface area (Å²) in [6.45, 7) is 10.4. The van der Waals surface area contributed by atoms with Crippen molar-refractivity contribution in [1.29, 1.82) is 0 Å². The third-order valence-electron chi connectivity index (χ3n) is 3.29. The monoisotopic (exact) mass is 338 g/mol. The second kappa shape index (κ2) is 10.6. The van der Waals surface area contributed by atoms with Crippen LogP contribution in [0.1, 0.15) is 23.6 Å². The summed E-state index contributed by atoms with van der Waals surface area (Å²) in [5.41, 5.74) is 11.0. The lowest BCUT2D eigenvalue weighted by molar-refractivity contribution is 1.24. The Kier molecular flexibility index (Phi) is 8.84. The van der Waals surface area contributed by atoms with Crippen molar-refractivity contribution in [2.75, 3.05) is 6.54 Å². The molecule has 2 N–H and O–H groups in total. The molecule has 2 rings (SSSR count). The van der Waals surface area contributed by atoms with Gasteiger partial charge in [-0.3, -0.25) is 4.99 Å². The summed E-state index contributed by atoms with van der Waals surface area (Å²) in [5, 5.41) is 0. The van der Waals surface area contributed by atoms with E-state index in [9.17, 15) is 0 Å². The number of aliphatic imine (C=N–C) groups is 1. The molecule has 0 radical (unpaired) electrons. The minimum atomic E-state index is 0.536. The lowest BCUT2D eigenvalue weighted by Crippen LogP contribution is -1.93. The van der Waals surface area contributed by atoms with Gasteiger partial charge in [-0.05, 0) is 57.3 Å². The molecule has 0 heterocycles. The highest BCUT2D eigenvalue weighted by atomic mass is 32.1. The molecule has 0 fully saturated rings. The normalized spacial score (nSPS) is 11.5. The van der Waals surface area contributed by atoms with Gasteiger partial charge in [-0.15, -0.1) is 12.6 Å². The van der Waals surface area contributed by atoms with Gasteiger partial charge < -0.3 is 5.73 Å². The number of allylic oxidation sites excluding steroid dienone is 2. The van der Waals surface area contributed by atoms with E-state index in [0.29, 0.717) is 6.54 Å². The summed E-state index contributed by atoms with van der Waals surface area (Å²) in [4.78, 5) is 5.15. The molecule has 0 amide bonds. The number of hydrogen-bond acceptors (Lipinski definition) is 3. The van der Waals surface area contributed by atoms with Crippen LogP contribution in [0.5, 0.6) is 0 Å². The maximum Gasteiger partial charge on any atom is 0.0723 e. The van der Waals surface area contributed by atoms with Gasteiger partial charge in [0.25, 0.3) is 0 Å². The van der Waals surface area contributed by atoms with E-state index in [0.717, 1.165) is 21.7 Å². The molecule has 0 atom stereocenters. The SMILES string of the molecule is C=N/C(=C(C)\C=C/CN)c1cc(C)cc(C)c1.Sc1ccccc1. The van der Waals surface area contributed by atoms with Gasteiger partial charge >= 0.3 is 0 Å². The highest BCUT2D eigenvalue weighted by molar-refractivity contribution is 7.80. The summed E-state index contributed by atoms with van der Waals surface area (Å²) < 4.78 is 0. The van der Waals surface area contributed by atoms with Gasteiger partial charge in [0.05, 0.1) is 5.70 Å². The first kappa shape index (κ1) is 19.9. The first-order chi connectivity index (χ1) is 11.5. The van der Waals surface area contributed by atoms with Crippen molar-refractivity contribution in [3.05, 3.63) is 82.9 Å². The van der Waals surface area contributed by atoms with Gasteiger partial charge in [0, 0.05) is 17.0 Å². The number of hydrogen-bond donors (Lipinski definition) is 2. The first-order valence-electron chi connectivity index (χ1n) is 7.84. The van der Waals surface area contributed by atoms with Crippen molar-refractivity contribution in [3.8, 4) is 0 Å². The second-order valence-corrected chi connectivity index (χ2v) is 6.06. The molecule has 2 aromatic rings. The van der Waals surface area contributed by atoms with Crippen molar-refractivity contribution in [1.82, 2.24) is 0 Å². The van der Waals surface area contributed by atoms with Gasteiger partial charge in [-0.1, -0.05) is 47.5 Å². The molecule has 3 heteroatoms. The molecule has 0 saturated carbocycles. The number of nitrogens with zero attached hydrogens (tertiary/aromatic N) is 1. The fraction of sp³-hybridized carbons (Fsp3) is 0.190. The van der Waals surface area contributed by atoms with Crippen molar-refractivity contribution >= 4 is 25.0 Å². The summed E-state index contributed by atoms with van der Waals surface area (Å²) >= 11 is 4.08. The van der Waals surface area contributed by atoms with E-state index in [1.807, 2.05) is 49.4 Å². The van der Waals surface area contributed by atoms with Crippen molar-refractivity contribution < 1.29 is 0 Å². The van der Waals surface area contributed by atoms with Crippen LogP contribution in [-0.4, -0.2) is 13.3 Å². The Bertz CT molecular complexity index is 696. The van der Waals surface area contributed by atoms with Crippen LogP contribution in [0.3, 0.4) is 0 Å². The highest BCUT2D eigenvalue weighted by Gasteiger charge is 2.03. The minimum Gasteiger partial charge on any atom is -0.327 e. The third kappa shape index (κ3) is 6.99. The van der Waals surface area contributed by atoms with Crippen LogP contribution in [-0.2, 0) is 0 Å². The number of nitrogens with two attached hydrogens (primary N) is 1. The molecule has 0 aromatic heterocycles. The molecule has 2 aromatic carbocycles. The number of aryl methyl sites for hydroxylation is 2. The maximum atomic E-state index is 5.45. The summed E-state index contributed by atoms with van der Waals surface area (Å²) in [7, 11) is 0. The van der Waals surface area contributed by atoms with Crippen LogP contribution in [0, 0.1) is 13.8 Å². The predicted molar refractivity (Wildman–Crippen MR) is 110 cm³/mol. The van der Waals surface area contributed by atoms with E-state index in [-0.39, 0.29) is 0 Å². The zero-order chi connectivity index (χ0) is 17.9. The zero-order valence-corrected chi connectivity index (χ0v) is 15.6. The molecule has 0 saturated heterocycles. The molecule has 0 aliphatic carbocycles. The summed E-state index contributed by atoms with van der Waals surface area (Å²) in [5.74, 6) is 0. The lowest BCUT2D eigenvalue weighted by atomic mass is 10.0. The summed E-state index contributed by atoms with van der Waals surface area (Å²) in [6, 6.07) is 16.2. The van der Waals surface area contributed by atoms with Gasteiger partial charge in [-0.25, -0.2) is 0 Å². The molecule has 0 aliphatic heterocycles. The van der Waals surface area contributed by atoms with Crippen LogP contribution in [0.15, 0.2) is 76.1 Å². The first-order valence-corrected chi connectivity index (χ1v) is 8.29. The number of benzene rings is 2. The Morgan fingerprint density at radius 2 is 1.71 bits per heavy atom. The fourth-order valence-corrected chi connectivity index (χ4v) is 2.48. The van der Waals surface area contributed by atoms with Crippen molar-refractivity contribution in [2.45, 2.75) is 25.7 Å². The van der Waals surface area contributed by atoms with Gasteiger partial charge in [0.2, 0.25) is 0 Å². The van der Waals surface area contributed by atoms with E-state index in [1.165, 1.54) is 11.1 Å². The molecule has 126 valence electrons. The van der Waals surface area contributed by atoms with Crippen LogP contribution in [0.4, 0.5) is 0 Å². The Morgan fingerprint density at radius 3 is 2.12 bits per heavy atom. The third-order valence-corrected chi connectivity index (χ3v) is 3.59. The van der Waals surface area contributed by atoms with E-state index >= 15 is 0 Å². The Morgan fingerprint density at radius 1 is 1.12 bits per heavy atom. The molecule has 0 aliphatic rings.